The fourth-order valence-electron chi connectivity index (χ4n) is 3.81. The maximum absolute atomic E-state index is 12.8. The van der Waals surface area contributed by atoms with Gasteiger partial charge < -0.3 is 14.5 Å². The van der Waals surface area contributed by atoms with Crippen LogP contribution in [0.15, 0.2) is 60.7 Å². The number of pyridine rings is 1. The number of rotatable bonds is 5. The Morgan fingerprint density at radius 2 is 1.65 bits per heavy atom. The molecule has 1 fully saturated rings. The van der Waals surface area contributed by atoms with Crippen LogP contribution in [0.3, 0.4) is 0 Å². The van der Waals surface area contributed by atoms with E-state index in [4.69, 9.17) is 4.74 Å². The summed E-state index contributed by atoms with van der Waals surface area (Å²) < 4.78 is 5.43. The minimum absolute atomic E-state index is 0.163. The van der Waals surface area contributed by atoms with Crippen LogP contribution in [0.1, 0.15) is 35.8 Å². The van der Waals surface area contributed by atoms with Crippen molar-refractivity contribution in [3.63, 3.8) is 0 Å². The number of hydrogen-bond donors (Lipinski definition) is 0. The number of esters is 1. The van der Waals surface area contributed by atoms with Gasteiger partial charge in [0, 0.05) is 42.9 Å². The van der Waals surface area contributed by atoms with Gasteiger partial charge in [0.15, 0.2) is 6.61 Å². The molecule has 1 aromatic heterocycles. The Balaban J connectivity index is 1.39. The molecule has 4 rings (SSSR count). The van der Waals surface area contributed by atoms with E-state index in [1.165, 1.54) is 0 Å². The lowest BCUT2D eigenvalue weighted by Crippen LogP contribution is -2.49. The second-order valence-electron chi connectivity index (χ2n) is 8.05. The maximum Gasteiger partial charge on any atom is 0.339 e. The predicted molar refractivity (Wildman–Crippen MR) is 121 cm³/mol. The van der Waals surface area contributed by atoms with Crippen molar-refractivity contribution in [3.8, 4) is 0 Å². The average molecular weight is 418 g/mol. The van der Waals surface area contributed by atoms with Gasteiger partial charge >= 0.3 is 5.97 Å². The highest BCUT2D eigenvalue weighted by atomic mass is 16.5. The summed E-state index contributed by atoms with van der Waals surface area (Å²) in [5.41, 5.74) is 3.19. The molecule has 0 bridgehead atoms. The summed E-state index contributed by atoms with van der Waals surface area (Å²) in [4.78, 5) is 34.1. The number of carbonyl (C=O) groups excluding carboxylic acids is 2. The fraction of sp³-hybridized carbons (Fsp3) is 0.320. The number of anilines is 1. The van der Waals surface area contributed by atoms with Crippen LogP contribution in [-0.4, -0.2) is 54.5 Å². The molecule has 2 aromatic carbocycles. The van der Waals surface area contributed by atoms with Crippen molar-refractivity contribution < 1.29 is 14.3 Å². The molecule has 0 N–H and O–H groups in total. The standard InChI is InChI=1S/C25H27N3O3/c1-18(2)23-16-21(20-10-6-7-11-22(20)26-23)25(30)31-17-24(29)28-14-12-27(13-15-28)19-8-4-3-5-9-19/h3-11,16,18H,12-15,17H2,1-2H3. The van der Waals surface area contributed by atoms with Gasteiger partial charge in [-0.15, -0.1) is 0 Å². The lowest BCUT2D eigenvalue weighted by atomic mass is 10.0. The van der Waals surface area contributed by atoms with E-state index in [1.807, 2.05) is 56.3 Å². The van der Waals surface area contributed by atoms with E-state index < -0.39 is 5.97 Å². The number of piperazine rings is 1. The minimum Gasteiger partial charge on any atom is -0.452 e. The molecular formula is C25H27N3O3. The number of fused-ring (bicyclic) bond motifs is 1. The van der Waals surface area contributed by atoms with Crippen LogP contribution in [0.4, 0.5) is 5.69 Å². The molecule has 6 nitrogen and oxygen atoms in total. The zero-order chi connectivity index (χ0) is 21.8. The zero-order valence-corrected chi connectivity index (χ0v) is 18.0. The molecule has 0 saturated carbocycles. The topological polar surface area (TPSA) is 62.7 Å². The van der Waals surface area contributed by atoms with Crippen LogP contribution < -0.4 is 4.90 Å². The Bertz CT molecular complexity index is 1070. The van der Waals surface area contributed by atoms with Gasteiger partial charge in [0.2, 0.25) is 0 Å². The summed E-state index contributed by atoms with van der Waals surface area (Å²) in [6, 6.07) is 19.4. The zero-order valence-electron chi connectivity index (χ0n) is 18.0. The molecular weight excluding hydrogens is 390 g/mol. The van der Waals surface area contributed by atoms with Crippen LogP contribution in [0, 0.1) is 0 Å². The van der Waals surface area contributed by atoms with Crippen LogP contribution in [0.5, 0.6) is 0 Å². The van der Waals surface area contributed by atoms with Crippen LogP contribution in [0.25, 0.3) is 10.9 Å². The molecule has 3 aromatic rings. The molecule has 160 valence electrons. The van der Waals surface area contributed by atoms with E-state index in [0.717, 1.165) is 35.4 Å². The lowest BCUT2D eigenvalue weighted by Gasteiger charge is -2.36. The summed E-state index contributed by atoms with van der Waals surface area (Å²) in [6.45, 7) is 6.56. The molecule has 0 unspecified atom stereocenters. The van der Waals surface area contributed by atoms with Crippen molar-refractivity contribution in [1.82, 2.24) is 9.88 Å². The fourth-order valence-corrected chi connectivity index (χ4v) is 3.81. The van der Waals surface area contributed by atoms with Gasteiger partial charge in [-0.1, -0.05) is 50.2 Å². The first kappa shape index (κ1) is 20.8. The second-order valence-corrected chi connectivity index (χ2v) is 8.05. The second kappa shape index (κ2) is 9.16. The summed E-state index contributed by atoms with van der Waals surface area (Å²) in [7, 11) is 0. The van der Waals surface area contributed by atoms with Gasteiger partial charge in [-0.05, 0) is 30.2 Å². The van der Waals surface area contributed by atoms with E-state index in [0.29, 0.717) is 18.7 Å². The van der Waals surface area contributed by atoms with E-state index in [2.05, 4.69) is 22.0 Å². The molecule has 2 heterocycles. The van der Waals surface area contributed by atoms with Gasteiger partial charge in [0.25, 0.3) is 5.91 Å². The van der Waals surface area contributed by atoms with Crippen molar-refractivity contribution in [1.29, 1.82) is 0 Å². The number of nitrogens with zero attached hydrogens (tertiary/aromatic N) is 3. The molecule has 6 heteroatoms. The van der Waals surface area contributed by atoms with E-state index in [9.17, 15) is 9.59 Å². The molecule has 1 amide bonds. The van der Waals surface area contributed by atoms with Gasteiger partial charge in [-0.2, -0.15) is 0 Å². The van der Waals surface area contributed by atoms with Crippen molar-refractivity contribution >= 4 is 28.5 Å². The number of carbonyl (C=O) groups is 2. The molecule has 0 atom stereocenters. The Morgan fingerprint density at radius 1 is 0.968 bits per heavy atom. The summed E-state index contributed by atoms with van der Waals surface area (Å²) in [5.74, 6) is -0.473. The Labute approximate surface area is 182 Å². The number of para-hydroxylation sites is 2. The van der Waals surface area contributed by atoms with Gasteiger partial charge in [0.1, 0.15) is 0 Å². The highest BCUT2D eigenvalue weighted by Gasteiger charge is 2.23. The molecule has 0 aliphatic carbocycles. The van der Waals surface area contributed by atoms with Crippen LogP contribution >= 0.6 is 0 Å². The third-order valence-corrected chi connectivity index (χ3v) is 5.63. The Kier molecular flexibility index (Phi) is 6.16. The van der Waals surface area contributed by atoms with E-state index >= 15 is 0 Å². The molecule has 31 heavy (non-hydrogen) atoms. The van der Waals surface area contributed by atoms with Gasteiger partial charge in [-0.25, -0.2) is 4.79 Å². The molecule has 1 aliphatic heterocycles. The van der Waals surface area contributed by atoms with Gasteiger partial charge in [0.05, 0.1) is 11.1 Å². The van der Waals surface area contributed by atoms with Gasteiger partial charge in [-0.3, -0.25) is 9.78 Å². The number of aromatic nitrogens is 1. The first-order valence-corrected chi connectivity index (χ1v) is 10.7. The smallest absolute Gasteiger partial charge is 0.339 e. The van der Waals surface area contributed by atoms with E-state index in [1.54, 1.807) is 11.0 Å². The minimum atomic E-state index is -0.489. The van der Waals surface area contributed by atoms with Crippen molar-refractivity contribution in [2.24, 2.45) is 0 Å². The summed E-state index contributed by atoms with van der Waals surface area (Å²) in [5, 5.41) is 0.737. The molecule has 0 spiro atoms. The highest BCUT2D eigenvalue weighted by molar-refractivity contribution is 6.04. The predicted octanol–water partition coefficient (Wildman–Crippen LogP) is 3.86. The number of ether oxygens (including phenoxy) is 1. The maximum atomic E-state index is 12.8. The lowest BCUT2D eigenvalue weighted by molar-refractivity contribution is -0.134. The Morgan fingerprint density at radius 3 is 2.35 bits per heavy atom. The largest absolute Gasteiger partial charge is 0.452 e. The van der Waals surface area contributed by atoms with Crippen LogP contribution in [0.2, 0.25) is 0 Å². The quantitative estimate of drug-likeness (QED) is 0.590. The van der Waals surface area contributed by atoms with E-state index in [-0.39, 0.29) is 18.4 Å². The van der Waals surface area contributed by atoms with Crippen molar-refractivity contribution in [2.75, 3.05) is 37.7 Å². The average Bonchev–Trinajstić information content (AvgIpc) is 2.82. The third kappa shape index (κ3) is 4.68. The monoisotopic (exact) mass is 417 g/mol. The molecule has 1 saturated heterocycles. The Hall–Kier alpha value is -3.41. The summed E-state index contributed by atoms with van der Waals surface area (Å²) in [6.07, 6.45) is 0. The molecule has 0 radical (unpaired) electrons. The number of amides is 1. The van der Waals surface area contributed by atoms with Crippen molar-refractivity contribution in [2.45, 2.75) is 19.8 Å². The highest BCUT2D eigenvalue weighted by Crippen LogP contribution is 2.23. The van der Waals surface area contributed by atoms with Crippen LogP contribution in [-0.2, 0) is 9.53 Å². The first-order chi connectivity index (χ1) is 15.0. The SMILES string of the molecule is CC(C)c1cc(C(=O)OCC(=O)N2CCN(c3ccccc3)CC2)c2ccccc2n1. The summed E-state index contributed by atoms with van der Waals surface area (Å²) >= 11 is 0. The normalized spacial score (nSPS) is 14.2. The third-order valence-electron chi connectivity index (χ3n) is 5.63. The van der Waals surface area contributed by atoms with Crippen molar-refractivity contribution in [3.05, 3.63) is 71.9 Å². The number of hydrogen-bond acceptors (Lipinski definition) is 5. The number of benzene rings is 2. The first-order valence-electron chi connectivity index (χ1n) is 10.7. The molecule has 1 aliphatic rings.